The molecule has 3 aromatic carbocycles. The van der Waals surface area contributed by atoms with Crippen molar-refractivity contribution in [3.63, 3.8) is 0 Å². The van der Waals surface area contributed by atoms with Crippen LogP contribution < -0.4 is 14.8 Å². The van der Waals surface area contributed by atoms with Crippen molar-refractivity contribution in [1.82, 2.24) is 10.2 Å². The van der Waals surface area contributed by atoms with Crippen molar-refractivity contribution in [3.05, 3.63) is 95.8 Å². The van der Waals surface area contributed by atoms with Crippen LogP contribution in [0.3, 0.4) is 0 Å². The number of nitrogens with zero attached hydrogens (tertiary/aromatic N) is 1. The summed E-state index contributed by atoms with van der Waals surface area (Å²) in [4.78, 5) is 28.0. The normalized spacial score (nSPS) is 11.4. The maximum absolute atomic E-state index is 14.0. The molecule has 34 heavy (non-hydrogen) atoms. The van der Waals surface area contributed by atoms with Gasteiger partial charge in [-0.05, 0) is 42.3 Å². The molecule has 7 heteroatoms. The Labute approximate surface area is 199 Å². The van der Waals surface area contributed by atoms with Gasteiger partial charge in [-0.3, -0.25) is 9.59 Å². The zero-order valence-corrected chi connectivity index (χ0v) is 19.4. The molecule has 0 radical (unpaired) electrons. The van der Waals surface area contributed by atoms with Gasteiger partial charge in [0.05, 0.1) is 7.11 Å². The van der Waals surface area contributed by atoms with Crippen LogP contribution in [0.15, 0.2) is 78.9 Å². The van der Waals surface area contributed by atoms with E-state index in [1.165, 1.54) is 17.0 Å². The number of halogens is 1. The fourth-order valence-electron chi connectivity index (χ4n) is 3.60. The molecule has 0 bridgehead atoms. The highest BCUT2D eigenvalue weighted by atomic mass is 19.1. The van der Waals surface area contributed by atoms with E-state index in [-0.39, 0.29) is 18.2 Å². The van der Waals surface area contributed by atoms with Gasteiger partial charge in [-0.15, -0.1) is 0 Å². The lowest BCUT2D eigenvalue weighted by molar-refractivity contribution is -0.142. The fourth-order valence-corrected chi connectivity index (χ4v) is 3.60. The first-order valence-corrected chi connectivity index (χ1v) is 11.1. The van der Waals surface area contributed by atoms with E-state index in [0.717, 1.165) is 11.1 Å². The van der Waals surface area contributed by atoms with Crippen LogP contribution in [-0.4, -0.2) is 43.0 Å². The third-order valence-corrected chi connectivity index (χ3v) is 5.30. The Balaban J connectivity index is 1.91. The zero-order chi connectivity index (χ0) is 24.3. The molecule has 0 saturated carbocycles. The predicted octanol–water partition coefficient (Wildman–Crippen LogP) is 3.99. The molecule has 0 aliphatic carbocycles. The predicted molar refractivity (Wildman–Crippen MR) is 128 cm³/mol. The summed E-state index contributed by atoms with van der Waals surface area (Å²) in [6.45, 7) is 2.00. The van der Waals surface area contributed by atoms with Crippen molar-refractivity contribution in [1.29, 1.82) is 0 Å². The molecule has 0 aromatic heterocycles. The van der Waals surface area contributed by atoms with Gasteiger partial charge in [-0.1, -0.05) is 54.6 Å². The average Bonchev–Trinajstić information content (AvgIpc) is 2.86. The molecule has 1 atom stereocenters. The van der Waals surface area contributed by atoms with Crippen LogP contribution in [0.2, 0.25) is 0 Å². The molecule has 0 spiro atoms. The van der Waals surface area contributed by atoms with E-state index in [1.807, 2.05) is 61.5 Å². The van der Waals surface area contributed by atoms with Gasteiger partial charge in [-0.25, -0.2) is 4.39 Å². The van der Waals surface area contributed by atoms with E-state index in [4.69, 9.17) is 9.47 Å². The number of likely N-dealkylation sites (N-methyl/N-ethyl adjacent to an activating group) is 1. The molecule has 3 aromatic rings. The molecule has 0 aliphatic rings. The third-order valence-electron chi connectivity index (χ3n) is 5.30. The van der Waals surface area contributed by atoms with Crippen LogP contribution in [-0.2, 0) is 22.6 Å². The summed E-state index contributed by atoms with van der Waals surface area (Å²) in [5.74, 6) is -0.633. The van der Waals surface area contributed by atoms with Crippen molar-refractivity contribution in [3.8, 4) is 11.5 Å². The number of hydrogen-bond donors (Lipinski definition) is 1. The Morgan fingerprint density at radius 2 is 1.68 bits per heavy atom. The molecule has 0 heterocycles. The van der Waals surface area contributed by atoms with Gasteiger partial charge >= 0.3 is 0 Å². The fraction of sp³-hybridized carbons (Fsp3) is 0.259. The average molecular weight is 465 g/mol. The Hall–Kier alpha value is -3.87. The Bertz CT molecular complexity index is 1090. The summed E-state index contributed by atoms with van der Waals surface area (Å²) >= 11 is 0. The van der Waals surface area contributed by atoms with Crippen molar-refractivity contribution in [2.75, 3.05) is 20.3 Å². The number of methoxy groups -OCH3 is 1. The van der Waals surface area contributed by atoms with E-state index >= 15 is 0 Å². The van der Waals surface area contributed by atoms with Crippen LogP contribution in [0.25, 0.3) is 0 Å². The van der Waals surface area contributed by atoms with Crippen LogP contribution >= 0.6 is 0 Å². The Kier molecular flexibility index (Phi) is 9.03. The second-order valence-electron chi connectivity index (χ2n) is 7.69. The minimum atomic E-state index is -0.787. The molecule has 2 amide bonds. The third kappa shape index (κ3) is 6.81. The van der Waals surface area contributed by atoms with E-state index in [0.29, 0.717) is 18.7 Å². The number of para-hydroxylation sites is 1. The molecule has 6 nitrogen and oxygen atoms in total. The monoisotopic (exact) mass is 464 g/mol. The highest BCUT2D eigenvalue weighted by Crippen LogP contribution is 2.20. The maximum atomic E-state index is 14.0. The first-order valence-electron chi connectivity index (χ1n) is 11.1. The largest absolute Gasteiger partial charge is 0.497 e. The van der Waals surface area contributed by atoms with E-state index in [9.17, 15) is 14.0 Å². The summed E-state index contributed by atoms with van der Waals surface area (Å²) in [6.07, 6.45) is 0.322. The molecule has 1 N–H and O–H groups in total. The second kappa shape index (κ2) is 12.4. The van der Waals surface area contributed by atoms with Gasteiger partial charge in [0, 0.05) is 19.5 Å². The Morgan fingerprint density at radius 1 is 0.971 bits per heavy atom. The van der Waals surface area contributed by atoms with E-state index < -0.39 is 24.4 Å². The number of hydrogen-bond acceptors (Lipinski definition) is 4. The second-order valence-corrected chi connectivity index (χ2v) is 7.69. The maximum Gasteiger partial charge on any atom is 0.261 e. The zero-order valence-electron chi connectivity index (χ0n) is 19.4. The smallest absolute Gasteiger partial charge is 0.261 e. The standard InChI is InChI=1S/C27H29FN2O4/c1-3-29-27(32)24(17-20-10-5-4-6-11-20)30(18-21-12-9-13-22(16-21)33-2)26(31)19-34-25-15-8-7-14-23(25)28/h4-16,24H,3,17-19H2,1-2H3,(H,29,32). The summed E-state index contributed by atoms with van der Waals surface area (Å²) in [5, 5.41) is 2.83. The molecular formula is C27H29FN2O4. The van der Waals surface area contributed by atoms with Crippen LogP contribution in [0.4, 0.5) is 4.39 Å². The lowest BCUT2D eigenvalue weighted by atomic mass is 10.0. The molecule has 0 aliphatic heterocycles. The Morgan fingerprint density at radius 3 is 2.38 bits per heavy atom. The van der Waals surface area contributed by atoms with E-state index in [2.05, 4.69) is 5.32 Å². The first-order chi connectivity index (χ1) is 16.5. The van der Waals surface area contributed by atoms with Crippen molar-refractivity contribution in [2.24, 2.45) is 0 Å². The molecule has 3 rings (SSSR count). The highest BCUT2D eigenvalue weighted by molar-refractivity contribution is 5.88. The summed E-state index contributed by atoms with van der Waals surface area (Å²) in [6, 6.07) is 21.9. The van der Waals surface area contributed by atoms with Crippen molar-refractivity contribution < 1.29 is 23.5 Å². The number of amides is 2. The number of carbonyl (C=O) groups excluding carboxylic acids is 2. The SMILES string of the molecule is CCNC(=O)C(Cc1ccccc1)N(Cc1cccc(OC)c1)C(=O)COc1ccccc1F. The number of carbonyl (C=O) groups is 2. The topological polar surface area (TPSA) is 67.9 Å². The van der Waals surface area contributed by atoms with Crippen LogP contribution in [0, 0.1) is 5.82 Å². The number of nitrogens with one attached hydrogen (secondary N) is 1. The van der Waals surface area contributed by atoms with Gasteiger partial charge in [0.1, 0.15) is 11.8 Å². The van der Waals surface area contributed by atoms with Gasteiger partial charge in [0.15, 0.2) is 18.2 Å². The molecular weight excluding hydrogens is 435 g/mol. The lowest BCUT2D eigenvalue weighted by Gasteiger charge is -2.31. The molecule has 178 valence electrons. The summed E-state index contributed by atoms with van der Waals surface area (Å²) in [5.41, 5.74) is 1.71. The molecule has 1 unspecified atom stereocenters. The summed E-state index contributed by atoms with van der Waals surface area (Å²) in [7, 11) is 1.57. The molecule has 0 fully saturated rings. The van der Waals surface area contributed by atoms with Gasteiger partial charge < -0.3 is 19.7 Å². The van der Waals surface area contributed by atoms with Crippen molar-refractivity contribution in [2.45, 2.75) is 25.9 Å². The van der Waals surface area contributed by atoms with Crippen LogP contribution in [0.5, 0.6) is 11.5 Å². The number of rotatable bonds is 11. The van der Waals surface area contributed by atoms with Gasteiger partial charge in [0.25, 0.3) is 5.91 Å². The minimum absolute atomic E-state index is 0.0187. The van der Waals surface area contributed by atoms with Crippen LogP contribution in [0.1, 0.15) is 18.1 Å². The highest BCUT2D eigenvalue weighted by Gasteiger charge is 2.30. The lowest BCUT2D eigenvalue weighted by Crippen LogP contribution is -2.51. The number of benzene rings is 3. The quantitative estimate of drug-likeness (QED) is 0.466. The molecule has 0 saturated heterocycles. The van der Waals surface area contributed by atoms with Gasteiger partial charge in [-0.2, -0.15) is 0 Å². The summed E-state index contributed by atoms with van der Waals surface area (Å²) < 4.78 is 24.8. The first kappa shape index (κ1) is 24.8. The van der Waals surface area contributed by atoms with E-state index in [1.54, 1.807) is 19.2 Å². The van der Waals surface area contributed by atoms with Crippen molar-refractivity contribution >= 4 is 11.8 Å². The minimum Gasteiger partial charge on any atom is -0.497 e. The van der Waals surface area contributed by atoms with Gasteiger partial charge in [0.2, 0.25) is 5.91 Å². The number of ether oxygens (including phenoxy) is 2.